The highest BCUT2D eigenvalue weighted by atomic mass is 19.4. The maximum absolute atomic E-state index is 14.4. The molecular formula is C22H27F4N3O2. The van der Waals surface area contributed by atoms with Crippen LogP contribution in [0.2, 0.25) is 0 Å². The maximum Gasteiger partial charge on any atom is 0.419 e. The van der Waals surface area contributed by atoms with E-state index in [1.807, 2.05) is 37.2 Å². The molecule has 3 rings (SSSR count). The minimum absolute atomic E-state index is 0.259. The van der Waals surface area contributed by atoms with Crippen molar-refractivity contribution in [2.24, 2.45) is 18.0 Å². The second-order valence-corrected chi connectivity index (χ2v) is 8.88. The van der Waals surface area contributed by atoms with Gasteiger partial charge in [0.1, 0.15) is 5.82 Å². The number of hydrogen-bond acceptors (Lipinski definition) is 2. The van der Waals surface area contributed by atoms with Crippen molar-refractivity contribution in [2.75, 3.05) is 13.2 Å². The molecule has 2 heterocycles. The first-order chi connectivity index (χ1) is 14.4. The van der Waals surface area contributed by atoms with Crippen molar-refractivity contribution >= 4 is 5.91 Å². The zero-order valence-electron chi connectivity index (χ0n) is 18.1. The Balaban J connectivity index is 2.07. The summed E-state index contributed by atoms with van der Waals surface area (Å²) in [6.07, 6.45) is -3.17. The zero-order valence-corrected chi connectivity index (χ0v) is 18.1. The Hall–Kier alpha value is -2.42. The van der Waals surface area contributed by atoms with Crippen LogP contribution in [0.3, 0.4) is 0 Å². The third-order valence-corrected chi connectivity index (χ3v) is 5.53. The van der Waals surface area contributed by atoms with Crippen LogP contribution in [0, 0.1) is 11.7 Å². The van der Waals surface area contributed by atoms with Crippen molar-refractivity contribution in [1.82, 2.24) is 9.36 Å². The molecule has 1 aliphatic rings. The minimum Gasteiger partial charge on any atom is -0.381 e. The van der Waals surface area contributed by atoms with Gasteiger partial charge < -0.3 is 4.74 Å². The number of benzene rings is 1. The summed E-state index contributed by atoms with van der Waals surface area (Å²) in [6.45, 7) is 7.93. The molecule has 1 saturated heterocycles. The predicted molar refractivity (Wildman–Crippen MR) is 107 cm³/mol. The molecule has 1 fully saturated rings. The summed E-state index contributed by atoms with van der Waals surface area (Å²) in [5, 5.41) is 0. The van der Waals surface area contributed by atoms with E-state index in [1.54, 1.807) is 6.07 Å². The molecule has 9 heteroatoms. The topological polar surface area (TPSA) is 48.5 Å². The fourth-order valence-electron chi connectivity index (χ4n) is 3.84. The largest absolute Gasteiger partial charge is 0.419 e. The number of nitrogens with zero attached hydrogens (tertiary/aromatic N) is 3. The first-order valence-corrected chi connectivity index (χ1v) is 10.2. The number of ether oxygens (including phenoxy) is 1. The molecule has 0 aliphatic carbocycles. The first-order valence-electron chi connectivity index (χ1n) is 10.2. The molecule has 2 aromatic rings. The van der Waals surface area contributed by atoms with Gasteiger partial charge in [0.15, 0.2) is 5.49 Å². The molecule has 31 heavy (non-hydrogen) atoms. The average molecular weight is 441 g/mol. The Morgan fingerprint density at radius 1 is 1.19 bits per heavy atom. The zero-order chi connectivity index (χ0) is 23.0. The number of rotatable bonds is 3. The highest BCUT2D eigenvalue weighted by molar-refractivity contribution is 5.95. The van der Waals surface area contributed by atoms with Crippen LogP contribution >= 0.6 is 0 Å². The van der Waals surface area contributed by atoms with Crippen molar-refractivity contribution in [1.29, 1.82) is 0 Å². The van der Waals surface area contributed by atoms with Crippen LogP contribution in [-0.4, -0.2) is 28.5 Å². The van der Waals surface area contributed by atoms with Crippen molar-refractivity contribution in [2.45, 2.75) is 51.7 Å². The van der Waals surface area contributed by atoms with Crippen LogP contribution in [-0.2, 0) is 29.9 Å². The molecule has 0 bridgehead atoms. The highest BCUT2D eigenvalue weighted by Crippen LogP contribution is 2.32. The van der Waals surface area contributed by atoms with E-state index in [0.29, 0.717) is 37.2 Å². The van der Waals surface area contributed by atoms with Crippen LogP contribution in [0.1, 0.15) is 55.2 Å². The summed E-state index contributed by atoms with van der Waals surface area (Å²) in [4.78, 5) is 16.8. The van der Waals surface area contributed by atoms with Crippen LogP contribution in [0.15, 0.2) is 29.3 Å². The van der Waals surface area contributed by atoms with Crippen molar-refractivity contribution in [3.63, 3.8) is 0 Å². The fourth-order valence-corrected chi connectivity index (χ4v) is 3.84. The predicted octanol–water partition coefficient (Wildman–Crippen LogP) is 4.45. The molecule has 0 atom stereocenters. The van der Waals surface area contributed by atoms with Gasteiger partial charge in [-0.25, -0.2) is 4.39 Å². The van der Waals surface area contributed by atoms with Gasteiger partial charge >= 0.3 is 6.18 Å². The van der Waals surface area contributed by atoms with E-state index in [2.05, 4.69) is 4.99 Å². The van der Waals surface area contributed by atoms with Gasteiger partial charge in [0.05, 0.1) is 11.1 Å². The van der Waals surface area contributed by atoms with Gasteiger partial charge in [0.2, 0.25) is 0 Å². The third-order valence-electron chi connectivity index (χ3n) is 5.53. The highest BCUT2D eigenvalue weighted by Gasteiger charge is 2.35. The van der Waals surface area contributed by atoms with E-state index in [0.717, 1.165) is 30.7 Å². The van der Waals surface area contributed by atoms with E-state index in [4.69, 9.17) is 4.74 Å². The van der Waals surface area contributed by atoms with Crippen LogP contribution in [0.4, 0.5) is 17.6 Å². The Morgan fingerprint density at radius 2 is 1.84 bits per heavy atom. The molecule has 170 valence electrons. The first kappa shape index (κ1) is 23.2. The van der Waals surface area contributed by atoms with Crippen molar-refractivity contribution in [3.05, 3.63) is 52.4 Å². The maximum atomic E-state index is 14.4. The number of carbonyl (C=O) groups excluding carboxylic acids is 1. The number of hydrogen-bond donors (Lipinski definition) is 0. The summed E-state index contributed by atoms with van der Waals surface area (Å²) in [6, 6.07) is 4.38. The Bertz CT molecular complexity index is 1020. The number of amides is 1. The smallest absolute Gasteiger partial charge is 0.381 e. The molecule has 1 aliphatic heterocycles. The number of alkyl halides is 3. The van der Waals surface area contributed by atoms with E-state index in [1.165, 1.54) is 0 Å². The SMILES string of the molecule is Cn1c(C(C)(C)C)cc(=NC(=O)c2cccc(C(F)(F)F)c2F)n1CC1CCOCC1. The summed E-state index contributed by atoms with van der Waals surface area (Å²) in [5.41, 5.74) is -1.25. The Morgan fingerprint density at radius 3 is 2.42 bits per heavy atom. The number of halogens is 4. The summed E-state index contributed by atoms with van der Waals surface area (Å²) in [5.74, 6) is -2.34. The lowest BCUT2D eigenvalue weighted by atomic mass is 9.92. The summed E-state index contributed by atoms with van der Waals surface area (Å²) in [7, 11) is 1.86. The van der Waals surface area contributed by atoms with E-state index in [9.17, 15) is 22.4 Å². The number of aromatic nitrogens is 2. The summed E-state index contributed by atoms with van der Waals surface area (Å²) < 4.78 is 62.7. The summed E-state index contributed by atoms with van der Waals surface area (Å²) >= 11 is 0. The van der Waals surface area contributed by atoms with Crippen LogP contribution in [0.5, 0.6) is 0 Å². The molecule has 0 radical (unpaired) electrons. The lowest BCUT2D eigenvalue weighted by Gasteiger charge is -2.25. The van der Waals surface area contributed by atoms with Gasteiger partial charge in [-0.2, -0.15) is 18.2 Å². The average Bonchev–Trinajstić information content (AvgIpc) is 2.98. The lowest BCUT2D eigenvalue weighted by Crippen LogP contribution is -2.31. The monoisotopic (exact) mass is 441 g/mol. The molecule has 0 unspecified atom stereocenters. The number of carbonyl (C=O) groups is 1. The quantitative estimate of drug-likeness (QED) is 0.661. The van der Waals surface area contributed by atoms with Gasteiger partial charge in [-0.15, -0.1) is 0 Å². The Kier molecular flexibility index (Phi) is 6.45. The normalized spacial score (nSPS) is 16.7. The van der Waals surface area contributed by atoms with Crippen molar-refractivity contribution in [3.8, 4) is 0 Å². The van der Waals surface area contributed by atoms with Gasteiger partial charge in [0, 0.05) is 44.0 Å². The molecule has 1 aromatic heterocycles. The molecular weight excluding hydrogens is 414 g/mol. The third kappa shape index (κ3) is 5.08. The van der Waals surface area contributed by atoms with E-state index < -0.39 is 29.0 Å². The standard InChI is InChI=1S/C22H27F4N3O2/c1-21(2,3)17-12-18(29(28(17)4)13-14-8-10-31-11-9-14)27-20(30)15-6-5-7-16(19(15)23)22(24,25)26/h5-7,12,14H,8-11,13H2,1-4H3. The Labute approximate surface area is 178 Å². The van der Waals surface area contributed by atoms with Crippen LogP contribution in [0.25, 0.3) is 0 Å². The molecule has 1 amide bonds. The molecule has 0 spiro atoms. The van der Waals surface area contributed by atoms with E-state index in [-0.39, 0.29) is 5.41 Å². The second kappa shape index (κ2) is 8.61. The van der Waals surface area contributed by atoms with E-state index >= 15 is 0 Å². The lowest BCUT2D eigenvalue weighted by molar-refractivity contribution is -0.140. The minimum atomic E-state index is -4.89. The fraction of sp³-hybridized carbons (Fsp3) is 0.545. The van der Waals surface area contributed by atoms with Crippen LogP contribution < -0.4 is 5.49 Å². The van der Waals surface area contributed by atoms with Gasteiger partial charge in [-0.1, -0.05) is 26.8 Å². The molecule has 0 saturated carbocycles. The second-order valence-electron chi connectivity index (χ2n) is 8.88. The molecule has 5 nitrogen and oxygen atoms in total. The van der Waals surface area contributed by atoms with Gasteiger partial charge in [-0.3, -0.25) is 14.2 Å². The van der Waals surface area contributed by atoms with Gasteiger partial charge in [-0.05, 0) is 30.9 Å². The molecule has 1 aromatic carbocycles. The van der Waals surface area contributed by atoms with Crippen molar-refractivity contribution < 1.29 is 27.1 Å². The molecule has 0 N–H and O–H groups in total. The van der Waals surface area contributed by atoms with Gasteiger partial charge in [0.25, 0.3) is 5.91 Å².